The number of nitrogens with one attached hydrogen (secondary N) is 2. The Labute approximate surface area is 139 Å². The van der Waals surface area contributed by atoms with Crippen LogP contribution in [0.4, 0.5) is 0 Å². The molecular weight excluding hydrogens is 308 g/mol. The predicted molar refractivity (Wildman–Crippen MR) is 94.0 cm³/mol. The molecule has 0 aliphatic carbocycles. The lowest BCUT2D eigenvalue weighted by molar-refractivity contribution is -0.123. The first-order valence-corrected chi connectivity index (χ1v) is 8.19. The van der Waals surface area contributed by atoms with Gasteiger partial charge in [0, 0.05) is 19.5 Å². The van der Waals surface area contributed by atoms with Gasteiger partial charge in [-0.1, -0.05) is 26.0 Å². The van der Waals surface area contributed by atoms with Gasteiger partial charge in [0.15, 0.2) is 0 Å². The molecule has 130 valence electrons. The third-order valence-electron chi connectivity index (χ3n) is 4.62. The quantitative estimate of drug-likeness (QED) is 0.693. The number of aryl methyl sites for hydroxylation is 1. The number of para-hydroxylation sites is 1. The number of H-pyrrole nitrogens is 1. The number of aromatic nitrogens is 2. The van der Waals surface area contributed by atoms with E-state index < -0.39 is 16.8 Å². The summed E-state index contributed by atoms with van der Waals surface area (Å²) in [5.41, 5.74) is 4.97. The maximum Gasteiger partial charge on any atom is 0.328 e. The number of aromatic amines is 1. The molecule has 0 aliphatic rings. The highest BCUT2D eigenvalue weighted by Gasteiger charge is 2.26. The number of carbonyl (C=O) groups is 1. The van der Waals surface area contributed by atoms with Gasteiger partial charge in [-0.25, -0.2) is 4.79 Å². The highest BCUT2D eigenvalue weighted by molar-refractivity contribution is 5.79. The Morgan fingerprint density at radius 3 is 2.54 bits per heavy atom. The molecule has 1 amide bonds. The van der Waals surface area contributed by atoms with E-state index in [2.05, 4.69) is 10.3 Å². The van der Waals surface area contributed by atoms with E-state index >= 15 is 0 Å². The van der Waals surface area contributed by atoms with Crippen molar-refractivity contribution < 1.29 is 4.79 Å². The molecule has 0 saturated heterocycles. The Morgan fingerprint density at radius 2 is 1.92 bits per heavy atom. The molecule has 1 aromatic carbocycles. The van der Waals surface area contributed by atoms with Gasteiger partial charge in [-0.15, -0.1) is 0 Å². The lowest BCUT2D eigenvalue weighted by Crippen LogP contribution is -2.53. The van der Waals surface area contributed by atoms with Crippen molar-refractivity contribution in [1.29, 1.82) is 0 Å². The van der Waals surface area contributed by atoms with Crippen molar-refractivity contribution in [1.82, 2.24) is 14.9 Å². The van der Waals surface area contributed by atoms with E-state index in [9.17, 15) is 14.4 Å². The van der Waals surface area contributed by atoms with Gasteiger partial charge in [-0.2, -0.15) is 0 Å². The first-order valence-electron chi connectivity index (χ1n) is 8.19. The number of benzene rings is 1. The van der Waals surface area contributed by atoms with Crippen LogP contribution in [0, 0.1) is 0 Å². The lowest BCUT2D eigenvalue weighted by atomic mass is 9.93. The molecular formula is C17H24N4O3. The summed E-state index contributed by atoms with van der Waals surface area (Å²) in [5.74, 6) is -0.161. The summed E-state index contributed by atoms with van der Waals surface area (Å²) in [4.78, 5) is 38.5. The zero-order valence-corrected chi connectivity index (χ0v) is 14.1. The van der Waals surface area contributed by atoms with E-state index in [1.165, 1.54) is 4.57 Å². The van der Waals surface area contributed by atoms with Crippen LogP contribution < -0.4 is 22.3 Å². The standard InChI is InChI=1S/C17H24N4O3/c1-3-17(4-2,11-18)20-14(22)9-10-21-13-8-6-5-7-12(13)15(23)19-16(21)24/h5-8H,3-4,9-11,18H2,1-2H3,(H,20,22)(H,19,23,24). The van der Waals surface area contributed by atoms with Gasteiger partial charge in [0.05, 0.1) is 16.4 Å². The number of rotatable bonds is 7. The van der Waals surface area contributed by atoms with Crippen LogP contribution in [-0.4, -0.2) is 27.5 Å². The van der Waals surface area contributed by atoms with E-state index in [4.69, 9.17) is 5.73 Å². The Bertz CT molecular complexity index is 825. The van der Waals surface area contributed by atoms with Crippen LogP contribution in [0.1, 0.15) is 33.1 Å². The normalized spacial score (nSPS) is 11.6. The number of hydrogen-bond donors (Lipinski definition) is 3. The van der Waals surface area contributed by atoms with E-state index in [0.717, 1.165) is 12.8 Å². The van der Waals surface area contributed by atoms with E-state index in [-0.39, 0.29) is 18.9 Å². The number of nitrogens with two attached hydrogens (primary N) is 1. The molecule has 24 heavy (non-hydrogen) atoms. The van der Waals surface area contributed by atoms with Crippen LogP contribution in [0.15, 0.2) is 33.9 Å². The Morgan fingerprint density at radius 1 is 1.25 bits per heavy atom. The van der Waals surface area contributed by atoms with Crippen molar-refractivity contribution in [3.8, 4) is 0 Å². The van der Waals surface area contributed by atoms with Crippen molar-refractivity contribution in [3.63, 3.8) is 0 Å². The summed E-state index contributed by atoms with van der Waals surface area (Å²) in [5, 5.41) is 3.40. The maximum absolute atomic E-state index is 12.3. The van der Waals surface area contributed by atoms with Gasteiger partial charge in [0.2, 0.25) is 5.91 Å². The van der Waals surface area contributed by atoms with E-state index in [1.807, 2.05) is 13.8 Å². The SMILES string of the molecule is CCC(CC)(CN)NC(=O)CCn1c(=O)[nH]c(=O)c2ccccc21. The molecule has 0 spiro atoms. The molecule has 0 unspecified atom stereocenters. The van der Waals surface area contributed by atoms with E-state index in [1.54, 1.807) is 24.3 Å². The second kappa shape index (κ2) is 7.44. The number of hydrogen-bond acceptors (Lipinski definition) is 4. The highest BCUT2D eigenvalue weighted by Crippen LogP contribution is 2.13. The van der Waals surface area contributed by atoms with Crippen LogP contribution in [0.3, 0.4) is 0 Å². The number of fused-ring (bicyclic) bond motifs is 1. The largest absolute Gasteiger partial charge is 0.349 e. The number of nitrogens with zero attached hydrogens (tertiary/aromatic N) is 1. The third-order valence-corrected chi connectivity index (χ3v) is 4.62. The molecule has 0 aliphatic heterocycles. The van der Waals surface area contributed by atoms with Crippen molar-refractivity contribution in [2.75, 3.05) is 6.54 Å². The molecule has 2 rings (SSSR count). The molecule has 1 aromatic heterocycles. The molecule has 0 fully saturated rings. The zero-order chi connectivity index (χ0) is 17.7. The fourth-order valence-corrected chi connectivity index (χ4v) is 2.80. The van der Waals surface area contributed by atoms with Crippen molar-refractivity contribution in [2.45, 2.75) is 45.2 Å². The molecule has 7 nitrogen and oxygen atoms in total. The van der Waals surface area contributed by atoms with Crippen LogP contribution in [-0.2, 0) is 11.3 Å². The summed E-state index contributed by atoms with van der Waals surface area (Å²) in [6.45, 7) is 4.52. The van der Waals surface area contributed by atoms with Gasteiger partial charge in [0.25, 0.3) is 5.56 Å². The summed E-state index contributed by atoms with van der Waals surface area (Å²) < 4.78 is 1.42. The lowest BCUT2D eigenvalue weighted by Gasteiger charge is -2.31. The fraction of sp³-hybridized carbons (Fsp3) is 0.471. The number of carbonyl (C=O) groups excluding carboxylic acids is 1. The first-order chi connectivity index (χ1) is 11.5. The Balaban J connectivity index is 2.21. The Hall–Kier alpha value is -2.41. The smallest absolute Gasteiger partial charge is 0.328 e. The minimum Gasteiger partial charge on any atom is -0.349 e. The molecule has 0 saturated carbocycles. The third kappa shape index (κ3) is 3.56. The van der Waals surface area contributed by atoms with Gasteiger partial charge < -0.3 is 11.1 Å². The maximum atomic E-state index is 12.3. The summed E-state index contributed by atoms with van der Waals surface area (Å²) in [7, 11) is 0. The van der Waals surface area contributed by atoms with Crippen molar-refractivity contribution in [3.05, 3.63) is 45.1 Å². The molecule has 7 heteroatoms. The summed E-state index contributed by atoms with van der Waals surface area (Å²) in [6, 6.07) is 6.84. The van der Waals surface area contributed by atoms with Gasteiger partial charge in [-0.05, 0) is 25.0 Å². The first kappa shape index (κ1) is 17.9. The molecule has 0 atom stereocenters. The van der Waals surface area contributed by atoms with Crippen LogP contribution in [0.5, 0.6) is 0 Å². The zero-order valence-electron chi connectivity index (χ0n) is 14.1. The molecule has 4 N–H and O–H groups in total. The minimum atomic E-state index is -0.512. The van der Waals surface area contributed by atoms with Crippen LogP contribution >= 0.6 is 0 Å². The van der Waals surface area contributed by atoms with Gasteiger partial charge in [-0.3, -0.25) is 19.1 Å². The fourth-order valence-electron chi connectivity index (χ4n) is 2.80. The number of amides is 1. The second-order valence-corrected chi connectivity index (χ2v) is 5.92. The van der Waals surface area contributed by atoms with Gasteiger partial charge in [0.1, 0.15) is 0 Å². The highest BCUT2D eigenvalue weighted by atomic mass is 16.2. The predicted octanol–water partition coefficient (Wildman–Crippen LogP) is 0.714. The topological polar surface area (TPSA) is 110 Å². The van der Waals surface area contributed by atoms with Crippen molar-refractivity contribution in [2.24, 2.45) is 5.73 Å². The van der Waals surface area contributed by atoms with Crippen LogP contribution in [0.25, 0.3) is 10.9 Å². The Kier molecular flexibility index (Phi) is 5.56. The molecule has 0 bridgehead atoms. The molecule has 0 radical (unpaired) electrons. The molecule has 1 heterocycles. The van der Waals surface area contributed by atoms with E-state index in [0.29, 0.717) is 17.4 Å². The molecule has 2 aromatic rings. The second-order valence-electron chi connectivity index (χ2n) is 5.92. The van der Waals surface area contributed by atoms with Crippen LogP contribution in [0.2, 0.25) is 0 Å². The van der Waals surface area contributed by atoms with Crippen molar-refractivity contribution >= 4 is 16.8 Å². The minimum absolute atomic E-state index is 0.137. The van der Waals surface area contributed by atoms with Gasteiger partial charge >= 0.3 is 5.69 Å². The monoisotopic (exact) mass is 332 g/mol. The summed E-state index contributed by atoms with van der Waals surface area (Å²) >= 11 is 0. The summed E-state index contributed by atoms with van der Waals surface area (Å²) in [6.07, 6.45) is 1.62. The average Bonchev–Trinajstić information content (AvgIpc) is 2.59. The average molecular weight is 332 g/mol.